The van der Waals surface area contributed by atoms with Crippen LogP contribution in [0.1, 0.15) is 5.56 Å². The SMILES string of the molecule is O=C(Cn1cccc1-c1nc(-c2ccc(F)c(Br)c2)no1)NCc1ccccc1Cl. The highest BCUT2D eigenvalue weighted by molar-refractivity contribution is 9.10. The summed E-state index contributed by atoms with van der Waals surface area (Å²) in [5, 5.41) is 7.41. The number of hydrogen-bond acceptors (Lipinski definition) is 4. The Morgan fingerprint density at radius 2 is 2.03 bits per heavy atom. The van der Waals surface area contributed by atoms with Crippen molar-refractivity contribution in [3.05, 3.63) is 81.7 Å². The molecule has 0 aliphatic carbocycles. The Hall–Kier alpha value is -2.97. The van der Waals surface area contributed by atoms with Gasteiger partial charge in [-0.15, -0.1) is 0 Å². The summed E-state index contributed by atoms with van der Waals surface area (Å²) in [5.41, 5.74) is 2.05. The molecule has 0 aliphatic heterocycles. The van der Waals surface area contributed by atoms with Crippen LogP contribution in [0.25, 0.3) is 23.0 Å². The molecule has 9 heteroatoms. The molecular weight excluding hydrogens is 475 g/mol. The second-order valence-corrected chi connectivity index (χ2v) is 7.70. The van der Waals surface area contributed by atoms with Gasteiger partial charge >= 0.3 is 0 Å². The third-order valence-corrected chi connectivity index (χ3v) is 5.38. The summed E-state index contributed by atoms with van der Waals surface area (Å²) in [6.07, 6.45) is 1.75. The fourth-order valence-electron chi connectivity index (χ4n) is 2.87. The van der Waals surface area contributed by atoms with Gasteiger partial charge in [-0.2, -0.15) is 4.98 Å². The molecule has 6 nitrogen and oxygen atoms in total. The van der Waals surface area contributed by atoms with E-state index in [0.717, 1.165) is 5.56 Å². The van der Waals surface area contributed by atoms with Crippen LogP contribution in [0, 0.1) is 5.82 Å². The Morgan fingerprint density at radius 1 is 1.20 bits per heavy atom. The first kappa shape index (κ1) is 20.3. The van der Waals surface area contributed by atoms with Crippen molar-refractivity contribution in [2.45, 2.75) is 13.1 Å². The lowest BCUT2D eigenvalue weighted by Gasteiger charge is -2.09. The third-order valence-electron chi connectivity index (χ3n) is 4.40. The van der Waals surface area contributed by atoms with Crippen LogP contribution in [0.2, 0.25) is 5.02 Å². The van der Waals surface area contributed by atoms with E-state index in [9.17, 15) is 9.18 Å². The summed E-state index contributed by atoms with van der Waals surface area (Å²) < 4.78 is 20.8. The molecule has 0 atom stereocenters. The first-order valence-electron chi connectivity index (χ1n) is 8.96. The second-order valence-electron chi connectivity index (χ2n) is 6.44. The van der Waals surface area contributed by atoms with Crippen LogP contribution in [-0.4, -0.2) is 20.6 Å². The van der Waals surface area contributed by atoms with Crippen molar-refractivity contribution in [1.29, 1.82) is 0 Å². The number of aromatic nitrogens is 3. The molecule has 30 heavy (non-hydrogen) atoms. The van der Waals surface area contributed by atoms with Crippen LogP contribution in [0.5, 0.6) is 0 Å². The van der Waals surface area contributed by atoms with E-state index in [0.29, 0.717) is 33.1 Å². The minimum atomic E-state index is -0.376. The van der Waals surface area contributed by atoms with Crippen LogP contribution in [-0.2, 0) is 17.9 Å². The molecule has 0 spiro atoms. The minimum Gasteiger partial charge on any atom is -0.350 e. The van der Waals surface area contributed by atoms with E-state index >= 15 is 0 Å². The quantitative estimate of drug-likeness (QED) is 0.410. The van der Waals surface area contributed by atoms with Crippen molar-refractivity contribution in [2.75, 3.05) is 0 Å². The van der Waals surface area contributed by atoms with Crippen molar-refractivity contribution in [1.82, 2.24) is 20.0 Å². The highest BCUT2D eigenvalue weighted by Gasteiger charge is 2.16. The van der Waals surface area contributed by atoms with Gasteiger partial charge in [-0.05, 0) is 57.9 Å². The predicted octanol–water partition coefficient (Wildman–Crippen LogP) is 5.08. The Labute approximate surface area is 184 Å². The Kier molecular flexibility index (Phi) is 5.96. The molecule has 0 radical (unpaired) electrons. The van der Waals surface area contributed by atoms with E-state index in [1.807, 2.05) is 18.2 Å². The van der Waals surface area contributed by atoms with Crippen LogP contribution in [0.4, 0.5) is 4.39 Å². The van der Waals surface area contributed by atoms with E-state index < -0.39 is 0 Å². The van der Waals surface area contributed by atoms with E-state index in [2.05, 4.69) is 31.4 Å². The number of amides is 1. The molecule has 152 valence electrons. The molecule has 2 aromatic carbocycles. The standard InChI is InChI=1S/C21H15BrClFN4O2/c22-15-10-13(7-8-17(15)24)20-26-21(30-27-20)18-6-3-9-28(18)12-19(29)25-11-14-4-1-2-5-16(14)23/h1-10H,11-12H2,(H,25,29). The summed E-state index contributed by atoms with van der Waals surface area (Å²) >= 11 is 9.26. The molecule has 0 saturated carbocycles. The van der Waals surface area contributed by atoms with E-state index in [-0.39, 0.29) is 24.2 Å². The second kappa shape index (κ2) is 8.81. The highest BCUT2D eigenvalue weighted by Crippen LogP contribution is 2.26. The molecule has 1 amide bonds. The molecule has 0 bridgehead atoms. The smallest absolute Gasteiger partial charge is 0.274 e. The average molecular weight is 490 g/mol. The zero-order valence-electron chi connectivity index (χ0n) is 15.5. The van der Waals surface area contributed by atoms with Crippen LogP contribution in [0.3, 0.4) is 0 Å². The first-order valence-corrected chi connectivity index (χ1v) is 10.1. The summed E-state index contributed by atoms with van der Waals surface area (Å²) in [5.74, 6) is 0.0182. The molecule has 0 fully saturated rings. The van der Waals surface area contributed by atoms with Gasteiger partial charge in [0.05, 0.1) is 4.47 Å². The molecule has 1 N–H and O–H groups in total. The molecule has 2 heterocycles. The maximum absolute atomic E-state index is 13.5. The zero-order chi connectivity index (χ0) is 21.1. The summed E-state index contributed by atoms with van der Waals surface area (Å²) in [6, 6.07) is 15.4. The van der Waals surface area contributed by atoms with Gasteiger partial charge in [0.25, 0.3) is 5.89 Å². The number of carbonyl (C=O) groups excluding carboxylic acids is 1. The van der Waals surface area contributed by atoms with E-state index in [4.69, 9.17) is 16.1 Å². The van der Waals surface area contributed by atoms with Crippen LogP contribution in [0.15, 0.2) is 69.8 Å². The predicted molar refractivity (Wildman–Crippen MR) is 114 cm³/mol. The van der Waals surface area contributed by atoms with Gasteiger partial charge in [0, 0.05) is 23.3 Å². The summed E-state index contributed by atoms with van der Waals surface area (Å²) in [6.45, 7) is 0.409. The number of nitrogens with zero attached hydrogens (tertiary/aromatic N) is 3. The number of halogens is 3. The lowest BCUT2D eigenvalue weighted by Crippen LogP contribution is -2.27. The highest BCUT2D eigenvalue weighted by atomic mass is 79.9. The normalized spacial score (nSPS) is 10.9. The lowest BCUT2D eigenvalue weighted by molar-refractivity contribution is -0.121. The van der Waals surface area contributed by atoms with Gasteiger partial charge in [0.1, 0.15) is 18.1 Å². The van der Waals surface area contributed by atoms with Gasteiger partial charge in [-0.3, -0.25) is 4.79 Å². The van der Waals surface area contributed by atoms with Crippen molar-refractivity contribution in [3.63, 3.8) is 0 Å². The topological polar surface area (TPSA) is 73.0 Å². The van der Waals surface area contributed by atoms with Crippen molar-refractivity contribution in [2.24, 2.45) is 0 Å². The fraction of sp³-hybridized carbons (Fsp3) is 0.0952. The van der Waals surface area contributed by atoms with E-state index in [1.165, 1.54) is 6.07 Å². The Balaban J connectivity index is 1.47. The number of hydrogen-bond donors (Lipinski definition) is 1. The maximum atomic E-state index is 13.5. The summed E-state index contributed by atoms with van der Waals surface area (Å²) in [4.78, 5) is 16.8. The lowest BCUT2D eigenvalue weighted by atomic mass is 10.2. The number of benzene rings is 2. The van der Waals surface area contributed by atoms with Gasteiger partial charge in [0.15, 0.2) is 0 Å². The third kappa shape index (κ3) is 4.44. The molecular formula is C21H15BrClFN4O2. The van der Waals surface area contributed by atoms with Crippen molar-refractivity contribution >= 4 is 33.4 Å². The zero-order valence-corrected chi connectivity index (χ0v) is 17.8. The monoisotopic (exact) mass is 488 g/mol. The molecule has 0 unspecified atom stereocenters. The average Bonchev–Trinajstić information content (AvgIpc) is 3.39. The molecule has 0 aliphatic rings. The number of nitrogens with one attached hydrogen (secondary N) is 1. The summed E-state index contributed by atoms with van der Waals surface area (Å²) in [7, 11) is 0. The Bertz CT molecular complexity index is 1210. The van der Waals surface area contributed by atoms with E-state index in [1.54, 1.807) is 41.1 Å². The number of rotatable bonds is 6. The minimum absolute atomic E-state index is 0.0760. The number of carbonyl (C=O) groups is 1. The Morgan fingerprint density at radius 3 is 2.83 bits per heavy atom. The molecule has 4 rings (SSSR count). The largest absolute Gasteiger partial charge is 0.350 e. The van der Waals surface area contributed by atoms with Gasteiger partial charge in [-0.1, -0.05) is 35.0 Å². The molecule has 0 saturated heterocycles. The fourth-order valence-corrected chi connectivity index (χ4v) is 3.45. The van der Waals surface area contributed by atoms with Crippen molar-refractivity contribution < 1.29 is 13.7 Å². The van der Waals surface area contributed by atoms with Crippen LogP contribution >= 0.6 is 27.5 Å². The first-order chi connectivity index (χ1) is 14.5. The van der Waals surface area contributed by atoms with Crippen LogP contribution < -0.4 is 5.32 Å². The van der Waals surface area contributed by atoms with Crippen molar-refractivity contribution in [3.8, 4) is 23.0 Å². The van der Waals surface area contributed by atoms with Gasteiger partial charge in [0.2, 0.25) is 11.7 Å². The van der Waals surface area contributed by atoms with Gasteiger partial charge < -0.3 is 14.4 Å². The van der Waals surface area contributed by atoms with Gasteiger partial charge in [-0.25, -0.2) is 4.39 Å². The molecule has 4 aromatic rings. The molecule has 2 aromatic heterocycles. The maximum Gasteiger partial charge on any atom is 0.274 e.